The molecule has 4 rings (SSSR count). The SMILES string of the molecule is CCCCCC1CCC(CCC2CCC(c3ccc4c(F)c(OC(F)(F)F)ccc4c3)CC2)CC1. The first kappa shape index (κ1) is 26.3. The molecule has 0 aliphatic heterocycles. The Kier molecular flexibility index (Phi) is 8.99. The smallest absolute Gasteiger partial charge is 0.403 e. The number of alkyl halides is 3. The molecule has 35 heavy (non-hydrogen) atoms. The lowest BCUT2D eigenvalue weighted by Gasteiger charge is -2.32. The molecule has 1 nitrogen and oxygen atoms in total. The van der Waals surface area contributed by atoms with Gasteiger partial charge >= 0.3 is 6.36 Å². The van der Waals surface area contributed by atoms with Crippen LogP contribution >= 0.6 is 0 Å². The molecular weight excluding hydrogens is 452 g/mol. The van der Waals surface area contributed by atoms with Crippen molar-refractivity contribution in [1.82, 2.24) is 0 Å². The second-order valence-electron chi connectivity index (χ2n) is 11.1. The van der Waals surface area contributed by atoms with E-state index in [0.717, 1.165) is 36.7 Å². The van der Waals surface area contributed by atoms with Gasteiger partial charge in [-0.25, -0.2) is 4.39 Å². The third-order valence-electron chi connectivity index (χ3n) is 8.65. The minimum atomic E-state index is -4.90. The lowest BCUT2D eigenvalue weighted by Crippen LogP contribution is -2.18. The molecular formula is C30H40F4O. The second-order valence-corrected chi connectivity index (χ2v) is 11.1. The van der Waals surface area contributed by atoms with Crippen LogP contribution < -0.4 is 4.74 Å². The summed E-state index contributed by atoms with van der Waals surface area (Å²) < 4.78 is 55.8. The van der Waals surface area contributed by atoms with Crippen molar-refractivity contribution in [2.24, 2.45) is 17.8 Å². The van der Waals surface area contributed by atoms with Gasteiger partial charge in [0.15, 0.2) is 11.6 Å². The Morgan fingerprint density at radius 2 is 1.37 bits per heavy atom. The summed E-state index contributed by atoms with van der Waals surface area (Å²) in [5, 5.41) is 0.797. The van der Waals surface area contributed by atoms with Crippen LogP contribution in [0.1, 0.15) is 108 Å². The lowest BCUT2D eigenvalue weighted by atomic mass is 9.74. The fraction of sp³-hybridized carbons (Fsp3) is 0.667. The molecule has 2 aliphatic carbocycles. The van der Waals surface area contributed by atoms with Crippen molar-refractivity contribution in [3.63, 3.8) is 0 Å². The highest BCUT2D eigenvalue weighted by atomic mass is 19.4. The van der Waals surface area contributed by atoms with Crippen molar-refractivity contribution in [2.75, 3.05) is 0 Å². The summed E-state index contributed by atoms with van der Waals surface area (Å²) in [6.07, 6.45) is 13.9. The molecule has 194 valence electrons. The average Bonchev–Trinajstić information content (AvgIpc) is 2.85. The number of halogens is 4. The molecule has 5 heteroatoms. The van der Waals surface area contributed by atoms with Gasteiger partial charge < -0.3 is 4.74 Å². The number of benzene rings is 2. The predicted molar refractivity (Wildman–Crippen MR) is 134 cm³/mol. The van der Waals surface area contributed by atoms with Crippen molar-refractivity contribution in [1.29, 1.82) is 0 Å². The Morgan fingerprint density at radius 3 is 1.97 bits per heavy atom. The van der Waals surface area contributed by atoms with E-state index < -0.39 is 17.9 Å². The van der Waals surface area contributed by atoms with Gasteiger partial charge in [0.05, 0.1) is 0 Å². The third kappa shape index (κ3) is 7.36. The molecule has 2 saturated carbocycles. The molecule has 2 aromatic rings. The Balaban J connectivity index is 1.23. The van der Waals surface area contributed by atoms with Gasteiger partial charge in [-0.3, -0.25) is 0 Å². The van der Waals surface area contributed by atoms with Gasteiger partial charge in [-0.05, 0) is 66.4 Å². The summed E-state index contributed by atoms with van der Waals surface area (Å²) >= 11 is 0. The van der Waals surface area contributed by atoms with Crippen molar-refractivity contribution in [3.8, 4) is 5.75 Å². The Labute approximate surface area is 207 Å². The Morgan fingerprint density at radius 1 is 0.771 bits per heavy atom. The van der Waals surface area contributed by atoms with E-state index in [0.29, 0.717) is 11.3 Å². The van der Waals surface area contributed by atoms with Gasteiger partial charge in [-0.15, -0.1) is 13.2 Å². The number of fused-ring (bicyclic) bond motifs is 1. The van der Waals surface area contributed by atoms with Crippen molar-refractivity contribution < 1.29 is 22.3 Å². The lowest BCUT2D eigenvalue weighted by molar-refractivity contribution is -0.275. The predicted octanol–water partition coefficient (Wildman–Crippen LogP) is 10.3. The molecule has 2 aromatic carbocycles. The highest BCUT2D eigenvalue weighted by molar-refractivity contribution is 5.85. The normalized spacial score (nSPS) is 25.6. The maximum Gasteiger partial charge on any atom is 0.573 e. The van der Waals surface area contributed by atoms with E-state index in [4.69, 9.17) is 0 Å². The number of ether oxygens (including phenoxy) is 1. The second kappa shape index (κ2) is 12.0. The molecule has 0 saturated heterocycles. The highest BCUT2D eigenvalue weighted by Crippen LogP contribution is 2.41. The van der Waals surface area contributed by atoms with Crippen molar-refractivity contribution in [3.05, 3.63) is 41.7 Å². The van der Waals surface area contributed by atoms with Crippen molar-refractivity contribution >= 4 is 10.8 Å². The molecule has 0 spiro atoms. The first-order chi connectivity index (χ1) is 16.8. The topological polar surface area (TPSA) is 9.23 Å². The number of hydrogen-bond acceptors (Lipinski definition) is 1. The molecule has 0 aromatic heterocycles. The van der Waals surface area contributed by atoms with E-state index in [-0.39, 0.29) is 5.39 Å². The summed E-state index contributed by atoms with van der Waals surface area (Å²) in [5.41, 5.74) is 1.17. The zero-order valence-electron chi connectivity index (χ0n) is 21.0. The quantitative estimate of drug-likeness (QED) is 0.250. The summed E-state index contributed by atoms with van der Waals surface area (Å²) in [5.74, 6) is 1.44. The highest BCUT2D eigenvalue weighted by Gasteiger charge is 2.33. The molecule has 0 radical (unpaired) electrons. The van der Waals surface area contributed by atoms with Crippen LogP contribution in [0.5, 0.6) is 5.75 Å². The third-order valence-corrected chi connectivity index (χ3v) is 8.65. The van der Waals surface area contributed by atoms with E-state index in [9.17, 15) is 17.6 Å². The largest absolute Gasteiger partial charge is 0.573 e. The van der Waals surface area contributed by atoms with Crippen LogP contribution in [-0.4, -0.2) is 6.36 Å². The fourth-order valence-electron chi connectivity index (χ4n) is 6.50. The standard InChI is InChI=1S/C30H40F4O/c1-2-3-4-5-21-6-8-22(9-7-21)10-11-23-12-14-24(15-13-23)25-16-18-27-26(20-25)17-19-28(29(27)31)35-30(32,33)34/h16-24H,2-15H2,1H3. The van der Waals surface area contributed by atoms with E-state index in [1.165, 1.54) is 88.7 Å². The van der Waals surface area contributed by atoms with Crippen molar-refractivity contribution in [2.45, 2.75) is 109 Å². The van der Waals surface area contributed by atoms with E-state index in [1.807, 2.05) is 12.1 Å². The van der Waals surface area contributed by atoms with Gasteiger partial charge in [0.2, 0.25) is 0 Å². The van der Waals surface area contributed by atoms with Crippen LogP contribution in [0.25, 0.3) is 10.8 Å². The number of rotatable bonds is 9. The maximum atomic E-state index is 14.5. The zero-order chi connectivity index (χ0) is 24.8. The minimum Gasteiger partial charge on any atom is -0.403 e. The molecule has 0 atom stereocenters. The van der Waals surface area contributed by atoms with E-state index in [1.54, 1.807) is 6.07 Å². The summed E-state index contributed by atoms with van der Waals surface area (Å²) in [6, 6.07) is 8.03. The first-order valence-corrected chi connectivity index (χ1v) is 13.8. The van der Waals surface area contributed by atoms with Gasteiger partial charge in [0.1, 0.15) is 0 Å². The maximum absolute atomic E-state index is 14.5. The Bertz CT molecular complexity index is 937. The summed E-state index contributed by atoms with van der Waals surface area (Å²) in [4.78, 5) is 0. The van der Waals surface area contributed by atoms with Gasteiger partial charge in [-0.2, -0.15) is 0 Å². The zero-order valence-corrected chi connectivity index (χ0v) is 21.0. The molecule has 0 bridgehead atoms. The van der Waals surface area contributed by atoms with E-state index >= 15 is 0 Å². The Hall–Kier alpha value is -1.78. The number of unbranched alkanes of at least 4 members (excludes halogenated alkanes) is 2. The molecule has 2 fully saturated rings. The van der Waals surface area contributed by atoms with Gasteiger partial charge in [-0.1, -0.05) is 95.4 Å². The monoisotopic (exact) mass is 492 g/mol. The van der Waals surface area contributed by atoms with Gasteiger partial charge in [0.25, 0.3) is 0 Å². The molecule has 0 unspecified atom stereocenters. The van der Waals surface area contributed by atoms with Crippen LogP contribution in [0, 0.1) is 23.6 Å². The fourth-order valence-corrected chi connectivity index (χ4v) is 6.50. The molecule has 0 amide bonds. The number of hydrogen-bond donors (Lipinski definition) is 0. The molecule has 2 aliphatic rings. The summed E-state index contributed by atoms with van der Waals surface area (Å²) in [6.45, 7) is 2.28. The molecule has 0 heterocycles. The van der Waals surface area contributed by atoms with Gasteiger partial charge in [0, 0.05) is 5.39 Å². The van der Waals surface area contributed by atoms with E-state index in [2.05, 4.69) is 11.7 Å². The minimum absolute atomic E-state index is 0.171. The van der Waals surface area contributed by atoms with Crippen LogP contribution in [0.3, 0.4) is 0 Å². The summed E-state index contributed by atoms with van der Waals surface area (Å²) in [7, 11) is 0. The van der Waals surface area contributed by atoms with Crippen LogP contribution in [0.4, 0.5) is 17.6 Å². The average molecular weight is 493 g/mol. The van der Waals surface area contributed by atoms with Crippen LogP contribution in [0.2, 0.25) is 0 Å². The van der Waals surface area contributed by atoms with Crippen LogP contribution in [0.15, 0.2) is 30.3 Å². The molecule has 0 N–H and O–H groups in total. The van der Waals surface area contributed by atoms with Crippen LogP contribution in [-0.2, 0) is 0 Å². The first-order valence-electron chi connectivity index (χ1n) is 13.8.